The molecule has 2 unspecified atom stereocenters. The fraction of sp³-hybridized carbons (Fsp3) is 0.857. The second-order valence-corrected chi connectivity index (χ2v) is 4.50. The molecule has 0 aliphatic carbocycles. The maximum Gasteiger partial charge on any atom is -0.00391 e. The molecule has 1 heteroatoms. The standard InChI is InChI=1S/C7H16S/c1-5-7(3)8(4)6-2/h7H,4-6H2,1-3H3. The zero-order chi connectivity index (χ0) is 6.57. The van der Waals surface area contributed by atoms with E-state index in [4.69, 9.17) is 0 Å². The van der Waals surface area contributed by atoms with Crippen LogP contribution in [0.2, 0.25) is 0 Å². The number of rotatable bonds is 3. The first-order valence-electron chi connectivity index (χ1n) is 3.21. The minimum atomic E-state index is 0.428. The largest absolute Gasteiger partial charge is 0.190 e. The third kappa shape index (κ3) is 2.51. The lowest BCUT2D eigenvalue weighted by Crippen LogP contribution is -1.95. The van der Waals surface area contributed by atoms with Gasteiger partial charge in [-0.25, -0.2) is 0 Å². The van der Waals surface area contributed by atoms with Gasteiger partial charge in [0.1, 0.15) is 0 Å². The van der Waals surface area contributed by atoms with Gasteiger partial charge >= 0.3 is 0 Å². The van der Waals surface area contributed by atoms with E-state index in [1.807, 2.05) is 0 Å². The van der Waals surface area contributed by atoms with Crippen LogP contribution in [0.4, 0.5) is 0 Å². The summed E-state index contributed by atoms with van der Waals surface area (Å²) in [5, 5.41) is 0.833. The summed E-state index contributed by atoms with van der Waals surface area (Å²) in [7, 11) is 0.428. The number of hydrogen-bond acceptors (Lipinski definition) is 0. The van der Waals surface area contributed by atoms with Crippen LogP contribution in [0, 0.1) is 0 Å². The van der Waals surface area contributed by atoms with Crippen molar-refractivity contribution in [2.24, 2.45) is 0 Å². The predicted octanol–water partition coefficient (Wildman–Crippen LogP) is 2.51. The first kappa shape index (κ1) is 8.22. The van der Waals surface area contributed by atoms with Crippen LogP contribution in [0.25, 0.3) is 0 Å². The Balaban J connectivity index is 3.46. The summed E-state index contributed by atoms with van der Waals surface area (Å²) in [4.78, 5) is 0. The molecule has 0 bridgehead atoms. The van der Waals surface area contributed by atoms with Crippen LogP contribution in [0.1, 0.15) is 27.2 Å². The van der Waals surface area contributed by atoms with Crippen LogP contribution in [0.5, 0.6) is 0 Å². The zero-order valence-corrected chi connectivity index (χ0v) is 6.92. The summed E-state index contributed by atoms with van der Waals surface area (Å²) >= 11 is 0. The maximum absolute atomic E-state index is 4.06. The van der Waals surface area contributed by atoms with E-state index in [-0.39, 0.29) is 0 Å². The molecule has 0 aromatic heterocycles. The summed E-state index contributed by atoms with van der Waals surface area (Å²) < 4.78 is 0. The van der Waals surface area contributed by atoms with E-state index in [0.29, 0.717) is 10.5 Å². The predicted molar refractivity (Wildman–Crippen MR) is 45.0 cm³/mol. The van der Waals surface area contributed by atoms with E-state index in [1.54, 1.807) is 0 Å². The topological polar surface area (TPSA) is 0 Å². The molecule has 0 aliphatic heterocycles. The molecule has 50 valence electrons. The van der Waals surface area contributed by atoms with Gasteiger partial charge in [-0.05, 0) is 17.4 Å². The molecular formula is C7H16S. The van der Waals surface area contributed by atoms with Gasteiger partial charge in [0.2, 0.25) is 0 Å². The van der Waals surface area contributed by atoms with Gasteiger partial charge in [0.25, 0.3) is 0 Å². The van der Waals surface area contributed by atoms with Crippen molar-refractivity contribution in [1.29, 1.82) is 0 Å². The molecule has 8 heavy (non-hydrogen) atoms. The van der Waals surface area contributed by atoms with Gasteiger partial charge < -0.3 is 0 Å². The average molecular weight is 132 g/mol. The number of hydrogen-bond donors (Lipinski definition) is 0. The van der Waals surface area contributed by atoms with Gasteiger partial charge in [0.15, 0.2) is 0 Å². The highest BCUT2D eigenvalue weighted by Crippen LogP contribution is 2.18. The van der Waals surface area contributed by atoms with Crippen molar-refractivity contribution in [3.05, 3.63) is 0 Å². The van der Waals surface area contributed by atoms with Gasteiger partial charge in [0, 0.05) is 0 Å². The normalized spacial score (nSPS) is 17.9. The lowest BCUT2D eigenvalue weighted by Gasteiger charge is -2.10. The zero-order valence-electron chi connectivity index (χ0n) is 6.11. The Labute approximate surface area is 55.2 Å². The van der Waals surface area contributed by atoms with Crippen molar-refractivity contribution in [1.82, 2.24) is 0 Å². The fourth-order valence-corrected chi connectivity index (χ4v) is 1.56. The van der Waals surface area contributed by atoms with Crippen LogP contribution < -0.4 is 0 Å². The van der Waals surface area contributed by atoms with Gasteiger partial charge in [-0.1, -0.05) is 26.6 Å². The summed E-state index contributed by atoms with van der Waals surface area (Å²) in [6.07, 6.45) is 1.28. The van der Waals surface area contributed by atoms with Crippen LogP contribution in [-0.2, 0) is 0 Å². The SMILES string of the molecule is C=S(CC)C(C)CC. The molecule has 0 heterocycles. The quantitative estimate of drug-likeness (QED) is 0.518. The molecule has 0 nitrogen and oxygen atoms in total. The van der Waals surface area contributed by atoms with Gasteiger partial charge in [-0.2, -0.15) is 10.5 Å². The molecule has 0 aliphatic rings. The first-order valence-corrected chi connectivity index (χ1v) is 4.84. The van der Waals surface area contributed by atoms with Crippen molar-refractivity contribution in [2.75, 3.05) is 5.75 Å². The molecule has 0 radical (unpaired) electrons. The molecule has 0 saturated carbocycles. The third-order valence-electron chi connectivity index (χ3n) is 1.51. The lowest BCUT2D eigenvalue weighted by atomic mass is 10.4. The molecule has 2 atom stereocenters. The van der Waals surface area contributed by atoms with Crippen molar-refractivity contribution < 1.29 is 0 Å². The molecule has 0 aromatic carbocycles. The first-order chi connectivity index (χ1) is 3.72. The van der Waals surface area contributed by atoms with Crippen LogP contribution in [0.3, 0.4) is 0 Å². The Morgan fingerprint density at radius 2 is 2.00 bits per heavy atom. The van der Waals surface area contributed by atoms with E-state index in [2.05, 4.69) is 26.6 Å². The minimum absolute atomic E-state index is 0.428. The van der Waals surface area contributed by atoms with Gasteiger partial charge in [-0.15, -0.1) is 0 Å². The Morgan fingerprint density at radius 3 is 2.12 bits per heavy atom. The van der Waals surface area contributed by atoms with Gasteiger partial charge in [0.05, 0.1) is 0 Å². The second kappa shape index (κ2) is 4.13. The molecule has 0 aromatic rings. The summed E-state index contributed by atoms with van der Waals surface area (Å²) in [5.41, 5.74) is 0. The van der Waals surface area contributed by atoms with E-state index in [9.17, 15) is 0 Å². The Kier molecular flexibility index (Phi) is 4.25. The van der Waals surface area contributed by atoms with Crippen molar-refractivity contribution in [3.8, 4) is 0 Å². The molecule has 0 N–H and O–H groups in total. The molecular weight excluding hydrogens is 116 g/mol. The Hall–Kier alpha value is 0.220. The second-order valence-electron chi connectivity index (χ2n) is 2.04. The van der Waals surface area contributed by atoms with Crippen LogP contribution in [0.15, 0.2) is 0 Å². The van der Waals surface area contributed by atoms with E-state index in [0.717, 1.165) is 5.25 Å². The maximum atomic E-state index is 4.06. The smallest absolute Gasteiger partial charge is 0.00391 e. The van der Waals surface area contributed by atoms with E-state index in [1.165, 1.54) is 12.2 Å². The summed E-state index contributed by atoms with van der Waals surface area (Å²) in [5.74, 6) is 5.30. The van der Waals surface area contributed by atoms with Crippen LogP contribution >= 0.6 is 10.5 Å². The summed E-state index contributed by atoms with van der Waals surface area (Å²) in [6.45, 7) is 6.72. The minimum Gasteiger partial charge on any atom is -0.190 e. The molecule has 0 amide bonds. The highest BCUT2D eigenvalue weighted by Gasteiger charge is 1.97. The monoisotopic (exact) mass is 132 g/mol. The molecule has 0 spiro atoms. The molecule has 0 rings (SSSR count). The van der Waals surface area contributed by atoms with E-state index < -0.39 is 0 Å². The molecule has 0 fully saturated rings. The average Bonchev–Trinajstić information content (AvgIpc) is 1.84. The lowest BCUT2D eigenvalue weighted by molar-refractivity contribution is 0.905. The molecule has 0 saturated heterocycles. The van der Waals surface area contributed by atoms with Crippen molar-refractivity contribution in [2.45, 2.75) is 32.4 Å². The summed E-state index contributed by atoms with van der Waals surface area (Å²) in [6, 6.07) is 0. The Bertz CT molecular complexity index is 76.5. The fourth-order valence-electron chi connectivity index (χ4n) is 0.520. The van der Waals surface area contributed by atoms with E-state index >= 15 is 0 Å². The van der Waals surface area contributed by atoms with Crippen LogP contribution in [-0.4, -0.2) is 16.9 Å². The highest BCUT2D eigenvalue weighted by atomic mass is 32.2. The van der Waals surface area contributed by atoms with Crippen molar-refractivity contribution >= 4 is 16.4 Å². The third-order valence-corrected chi connectivity index (χ3v) is 3.73. The van der Waals surface area contributed by atoms with Gasteiger partial charge in [-0.3, -0.25) is 0 Å². The van der Waals surface area contributed by atoms with Crippen molar-refractivity contribution in [3.63, 3.8) is 0 Å². The highest BCUT2D eigenvalue weighted by molar-refractivity contribution is 8.14. The Morgan fingerprint density at radius 1 is 1.50 bits per heavy atom.